The minimum absolute atomic E-state index is 0.0625. The lowest BCUT2D eigenvalue weighted by molar-refractivity contribution is -0.167. The number of ether oxygens (including phenoxy) is 3. The number of rotatable bonds is 50. The van der Waals surface area contributed by atoms with Crippen LogP contribution in [-0.4, -0.2) is 37.2 Å². The highest BCUT2D eigenvalue weighted by molar-refractivity contribution is 5.71. The molecule has 1 atom stereocenters. The summed E-state index contributed by atoms with van der Waals surface area (Å²) in [7, 11) is 0. The van der Waals surface area contributed by atoms with Gasteiger partial charge in [0.15, 0.2) is 6.10 Å². The highest BCUT2D eigenvalue weighted by Gasteiger charge is 2.19. The zero-order chi connectivity index (χ0) is 44.5. The molecule has 0 saturated carbocycles. The van der Waals surface area contributed by atoms with Gasteiger partial charge in [-0.15, -0.1) is 0 Å². The Morgan fingerprint density at radius 3 is 0.803 bits per heavy atom. The Bertz CT molecular complexity index is 918. The van der Waals surface area contributed by atoms with E-state index < -0.39 is 6.10 Å². The molecule has 0 aliphatic heterocycles. The molecule has 0 unspecified atom stereocenters. The number of esters is 3. The van der Waals surface area contributed by atoms with Crippen molar-refractivity contribution in [3.63, 3.8) is 0 Å². The molecule has 0 heterocycles. The van der Waals surface area contributed by atoms with Crippen molar-refractivity contribution in [3.05, 3.63) is 0 Å². The van der Waals surface area contributed by atoms with Crippen LogP contribution in [0.5, 0.6) is 0 Å². The summed E-state index contributed by atoms with van der Waals surface area (Å²) in [4.78, 5) is 38.0. The maximum Gasteiger partial charge on any atom is 0.306 e. The fraction of sp³-hybridized carbons (Fsp3) is 0.945. The molecule has 0 N–H and O–H groups in total. The molecule has 0 aromatic heterocycles. The fourth-order valence-electron chi connectivity index (χ4n) is 8.39. The van der Waals surface area contributed by atoms with Crippen LogP contribution in [0.25, 0.3) is 0 Å². The Balaban J connectivity index is 4.27. The Morgan fingerprint density at radius 1 is 0.311 bits per heavy atom. The second-order valence-corrected chi connectivity index (χ2v) is 19.3. The smallest absolute Gasteiger partial charge is 0.306 e. The van der Waals surface area contributed by atoms with Crippen LogP contribution in [0.3, 0.4) is 0 Å². The summed E-state index contributed by atoms with van der Waals surface area (Å²) in [5.41, 5.74) is 0. The Morgan fingerprint density at radius 2 is 0.541 bits per heavy atom. The first-order valence-electron chi connectivity index (χ1n) is 27.4. The third kappa shape index (κ3) is 49.3. The third-order valence-corrected chi connectivity index (χ3v) is 12.5. The average Bonchev–Trinajstić information content (AvgIpc) is 3.24. The van der Waals surface area contributed by atoms with Gasteiger partial charge < -0.3 is 14.2 Å². The summed E-state index contributed by atoms with van der Waals surface area (Å²) < 4.78 is 16.8. The van der Waals surface area contributed by atoms with Gasteiger partial charge in [-0.3, -0.25) is 14.4 Å². The molecule has 0 aromatic carbocycles. The van der Waals surface area contributed by atoms with Crippen molar-refractivity contribution < 1.29 is 28.6 Å². The molecule has 0 spiro atoms. The van der Waals surface area contributed by atoms with Gasteiger partial charge in [0.05, 0.1) is 0 Å². The number of carbonyl (C=O) groups excluding carboxylic acids is 3. The van der Waals surface area contributed by atoms with Gasteiger partial charge in [-0.2, -0.15) is 0 Å². The first-order chi connectivity index (χ1) is 29.9. The van der Waals surface area contributed by atoms with E-state index in [1.54, 1.807) is 0 Å². The van der Waals surface area contributed by atoms with Crippen LogP contribution in [-0.2, 0) is 28.6 Å². The predicted molar refractivity (Wildman–Crippen MR) is 261 cm³/mol. The number of carbonyl (C=O) groups is 3. The molecular formula is C55H106O6. The molecule has 6 nitrogen and oxygen atoms in total. The van der Waals surface area contributed by atoms with Gasteiger partial charge in [-0.1, -0.05) is 272 Å². The fourth-order valence-corrected chi connectivity index (χ4v) is 8.39. The molecular weight excluding hydrogens is 757 g/mol. The Labute approximate surface area is 380 Å². The molecule has 0 aliphatic rings. The van der Waals surface area contributed by atoms with Crippen LogP contribution in [0.15, 0.2) is 0 Å². The third-order valence-electron chi connectivity index (χ3n) is 12.5. The maximum absolute atomic E-state index is 12.8. The topological polar surface area (TPSA) is 78.9 Å². The van der Waals surface area contributed by atoms with Crippen molar-refractivity contribution in [2.24, 2.45) is 5.92 Å². The molecule has 61 heavy (non-hydrogen) atoms. The second kappa shape index (κ2) is 49.4. The van der Waals surface area contributed by atoms with Crippen molar-refractivity contribution in [3.8, 4) is 0 Å². The molecule has 0 fully saturated rings. The largest absolute Gasteiger partial charge is 0.462 e. The molecule has 0 bridgehead atoms. The summed E-state index contributed by atoms with van der Waals surface area (Å²) in [6.07, 6.45) is 52.3. The Kier molecular flexibility index (Phi) is 48.1. The van der Waals surface area contributed by atoms with Crippen LogP contribution in [0.1, 0.15) is 310 Å². The van der Waals surface area contributed by atoms with E-state index in [0.717, 1.165) is 63.7 Å². The summed E-state index contributed by atoms with van der Waals surface area (Å²) in [6, 6.07) is 0. The van der Waals surface area contributed by atoms with Crippen LogP contribution >= 0.6 is 0 Å². The number of hydrogen-bond acceptors (Lipinski definition) is 6. The maximum atomic E-state index is 12.8. The highest BCUT2D eigenvalue weighted by Crippen LogP contribution is 2.17. The molecule has 0 amide bonds. The normalized spacial score (nSPS) is 12.0. The van der Waals surface area contributed by atoms with Crippen LogP contribution in [0, 0.1) is 5.92 Å². The molecule has 0 aliphatic carbocycles. The lowest BCUT2D eigenvalue weighted by atomic mass is 10.0. The summed E-state index contributed by atoms with van der Waals surface area (Å²) >= 11 is 0. The standard InChI is InChI=1S/C55H106O6/c1-5-7-9-11-13-15-17-19-20-21-22-23-25-26-30-34-38-42-46-53(56)59-49-52(50-60-54(57)47-43-39-35-32-28-29-33-37-41-45-51(3)4)61-55(58)48-44-40-36-31-27-24-18-16-14-12-10-8-6-2/h51-52H,5-50H2,1-4H3/t52-/m1/s1. The van der Waals surface area contributed by atoms with Crippen LogP contribution < -0.4 is 0 Å². The van der Waals surface area contributed by atoms with E-state index in [1.165, 1.54) is 205 Å². The van der Waals surface area contributed by atoms with Crippen molar-refractivity contribution in [1.82, 2.24) is 0 Å². The van der Waals surface area contributed by atoms with E-state index in [9.17, 15) is 14.4 Å². The molecule has 6 heteroatoms. The first-order valence-corrected chi connectivity index (χ1v) is 27.4. The molecule has 0 rings (SSSR count). The number of hydrogen-bond donors (Lipinski definition) is 0. The number of unbranched alkanes of at least 4 members (excludes halogenated alkanes) is 37. The van der Waals surface area contributed by atoms with E-state index in [4.69, 9.17) is 14.2 Å². The average molecular weight is 863 g/mol. The zero-order valence-electron chi connectivity index (χ0n) is 41.6. The van der Waals surface area contributed by atoms with E-state index in [-0.39, 0.29) is 31.1 Å². The van der Waals surface area contributed by atoms with Gasteiger partial charge in [0.25, 0.3) is 0 Å². The van der Waals surface area contributed by atoms with Gasteiger partial charge in [0.2, 0.25) is 0 Å². The molecule has 362 valence electrons. The predicted octanol–water partition coefficient (Wildman–Crippen LogP) is 17.8. The van der Waals surface area contributed by atoms with E-state index in [1.807, 2.05) is 0 Å². The lowest BCUT2D eigenvalue weighted by Gasteiger charge is -2.18. The van der Waals surface area contributed by atoms with Crippen molar-refractivity contribution in [1.29, 1.82) is 0 Å². The van der Waals surface area contributed by atoms with E-state index in [2.05, 4.69) is 27.7 Å². The summed E-state index contributed by atoms with van der Waals surface area (Å²) in [5, 5.41) is 0. The quantitative estimate of drug-likeness (QED) is 0.0344. The minimum atomic E-state index is -0.761. The monoisotopic (exact) mass is 863 g/mol. The Hall–Kier alpha value is -1.59. The van der Waals surface area contributed by atoms with Crippen molar-refractivity contribution in [2.75, 3.05) is 13.2 Å². The highest BCUT2D eigenvalue weighted by atomic mass is 16.6. The lowest BCUT2D eigenvalue weighted by Crippen LogP contribution is -2.30. The van der Waals surface area contributed by atoms with Gasteiger partial charge in [0, 0.05) is 19.3 Å². The van der Waals surface area contributed by atoms with E-state index in [0.29, 0.717) is 19.3 Å². The SMILES string of the molecule is CCCCCCCCCCCCCCCCCCCCC(=O)OC[C@H](COC(=O)CCCCCCCCCCCC(C)C)OC(=O)CCCCCCCCCCCCCCC. The van der Waals surface area contributed by atoms with Crippen molar-refractivity contribution in [2.45, 2.75) is 316 Å². The van der Waals surface area contributed by atoms with E-state index >= 15 is 0 Å². The molecule has 0 saturated heterocycles. The summed E-state index contributed by atoms with van der Waals surface area (Å²) in [6.45, 7) is 9.02. The van der Waals surface area contributed by atoms with Crippen LogP contribution in [0.2, 0.25) is 0 Å². The summed E-state index contributed by atoms with van der Waals surface area (Å²) in [5.74, 6) is -0.0330. The van der Waals surface area contributed by atoms with Gasteiger partial charge in [-0.25, -0.2) is 0 Å². The minimum Gasteiger partial charge on any atom is -0.462 e. The van der Waals surface area contributed by atoms with Gasteiger partial charge in [0.1, 0.15) is 13.2 Å². The van der Waals surface area contributed by atoms with Gasteiger partial charge in [-0.05, 0) is 25.2 Å². The zero-order valence-corrected chi connectivity index (χ0v) is 41.6. The van der Waals surface area contributed by atoms with Gasteiger partial charge >= 0.3 is 17.9 Å². The second-order valence-electron chi connectivity index (χ2n) is 19.3. The first kappa shape index (κ1) is 59.4. The van der Waals surface area contributed by atoms with Crippen LogP contribution in [0.4, 0.5) is 0 Å². The molecule has 0 aromatic rings. The van der Waals surface area contributed by atoms with Crippen molar-refractivity contribution >= 4 is 17.9 Å². The molecule has 0 radical (unpaired) electrons.